The first-order chi connectivity index (χ1) is 7.16. The van der Waals surface area contributed by atoms with Crippen LogP contribution in [0.1, 0.15) is 29.6 Å². The van der Waals surface area contributed by atoms with Crippen molar-refractivity contribution in [3.8, 4) is 5.88 Å². The van der Waals surface area contributed by atoms with Crippen LogP contribution in [0.4, 0.5) is 5.69 Å². The molecule has 0 radical (unpaired) electrons. The number of hydrogen-bond donors (Lipinski definition) is 2. The second-order valence-corrected chi connectivity index (χ2v) is 3.66. The number of amides is 1. The highest BCUT2D eigenvalue weighted by Crippen LogP contribution is 2.26. The summed E-state index contributed by atoms with van der Waals surface area (Å²) in [6.45, 7) is 0. The Hall–Kier alpha value is -1.78. The molecule has 0 saturated heterocycles. The van der Waals surface area contributed by atoms with Gasteiger partial charge in [0.25, 0.3) is 5.91 Å². The number of anilines is 1. The maximum atomic E-state index is 11.1. The van der Waals surface area contributed by atoms with Crippen LogP contribution in [0.3, 0.4) is 0 Å². The van der Waals surface area contributed by atoms with Gasteiger partial charge in [-0.05, 0) is 25.3 Å². The lowest BCUT2D eigenvalue weighted by atomic mass is 9.96. The molecule has 1 saturated carbocycles. The van der Waals surface area contributed by atoms with Gasteiger partial charge >= 0.3 is 0 Å². The predicted molar refractivity (Wildman–Crippen MR) is 55.4 cm³/mol. The second-order valence-electron chi connectivity index (χ2n) is 3.66. The number of nitrogens with zero attached hydrogens (tertiary/aromatic N) is 1. The summed E-state index contributed by atoms with van der Waals surface area (Å²) in [6.07, 6.45) is 4.79. The minimum atomic E-state index is -0.566. The van der Waals surface area contributed by atoms with Crippen molar-refractivity contribution < 1.29 is 9.53 Å². The minimum Gasteiger partial charge on any atom is -0.474 e. The standard InChI is InChI=1S/C10H13N3O2/c11-6-4-8(9(12)14)10(13-5-6)15-7-2-1-3-7/h4-5,7H,1-3,11H2,(H2,12,14). The summed E-state index contributed by atoms with van der Waals surface area (Å²) in [4.78, 5) is 15.1. The monoisotopic (exact) mass is 207 g/mol. The molecular weight excluding hydrogens is 194 g/mol. The summed E-state index contributed by atoms with van der Waals surface area (Å²) in [7, 11) is 0. The molecule has 1 fully saturated rings. The van der Waals surface area contributed by atoms with Crippen molar-refractivity contribution in [2.75, 3.05) is 5.73 Å². The van der Waals surface area contributed by atoms with Crippen LogP contribution in [-0.2, 0) is 0 Å². The molecule has 1 aliphatic carbocycles. The topological polar surface area (TPSA) is 91.2 Å². The van der Waals surface area contributed by atoms with Crippen LogP contribution >= 0.6 is 0 Å². The highest BCUT2D eigenvalue weighted by Gasteiger charge is 2.22. The molecule has 0 aliphatic heterocycles. The Morgan fingerprint density at radius 2 is 2.27 bits per heavy atom. The number of hydrogen-bond acceptors (Lipinski definition) is 4. The number of aromatic nitrogens is 1. The molecule has 1 amide bonds. The lowest BCUT2D eigenvalue weighted by Crippen LogP contribution is -2.26. The summed E-state index contributed by atoms with van der Waals surface area (Å²) in [5.41, 5.74) is 11.4. The van der Waals surface area contributed by atoms with Crippen molar-refractivity contribution in [2.24, 2.45) is 5.73 Å². The molecular formula is C10H13N3O2. The molecule has 0 aromatic carbocycles. The summed E-state index contributed by atoms with van der Waals surface area (Å²) < 4.78 is 5.53. The smallest absolute Gasteiger partial charge is 0.254 e. The number of primary amides is 1. The molecule has 1 heterocycles. The Kier molecular flexibility index (Phi) is 2.45. The van der Waals surface area contributed by atoms with Gasteiger partial charge in [0, 0.05) is 0 Å². The number of nitrogens with two attached hydrogens (primary N) is 2. The first-order valence-corrected chi connectivity index (χ1v) is 4.89. The highest BCUT2D eigenvalue weighted by molar-refractivity contribution is 5.95. The van der Waals surface area contributed by atoms with Crippen LogP contribution in [0.25, 0.3) is 0 Å². The average molecular weight is 207 g/mol. The zero-order valence-electron chi connectivity index (χ0n) is 8.27. The maximum absolute atomic E-state index is 11.1. The van der Waals surface area contributed by atoms with Crippen molar-refractivity contribution in [2.45, 2.75) is 25.4 Å². The summed E-state index contributed by atoms with van der Waals surface area (Å²) in [5.74, 6) is -0.273. The summed E-state index contributed by atoms with van der Waals surface area (Å²) in [5, 5.41) is 0. The minimum absolute atomic E-state index is 0.166. The molecule has 0 spiro atoms. The predicted octanol–water partition coefficient (Wildman–Crippen LogP) is 0.694. The SMILES string of the molecule is NC(=O)c1cc(N)cnc1OC1CCC1. The Bertz CT molecular complexity index is 388. The van der Waals surface area contributed by atoms with E-state index in [1.165, 1.54) is 12.3 Å². The van der Waals surface area contributed by atoms with E-state index in [4.69, 9.17) is 16.2 Å². The van der Waals surface area contributed by atoms with Crippen molar-refractivity contribution in [1.82, 2.24) is 4.98 Å². The number of pyridine rings is 1. The van der Waals surface area contributed by atoms with Crippen molar-refractivity contribution in [1.29, 1.82) is 0 Å². The summed E-state index contributed by atoms with van der Waals surface area (Å²) in [6, 6.07) is 1.49. The molecule has 15 heavy (non-hydrogen) atoms. The molecule has 80 valence electrons. The number of carbonyl (C=O) groups excluding carboxylic acids is 1. The lowest BCUT2D eigenvalue weighted by Gasteiger charge is -2.26. The van der Waals surface area contributed by atoms with Gasteiger partial charge in [0.15, 0.2) is 0 Å². The van der Waals surface area contributed by atoms with E-state index in [1.54, 1.807) is 0 Å². The van der Waals surface area contributed by atoms with Gasteiger partial charge in [-0.1, -0.05) is 0 Å². The highest BCUT2D eigenvalue weighted by atomic mass is 16.5. The van der Waals surface area contributed by atoms with Crippen molar-refractivity contribution in [3.05, 3.63) is 17.8 Å². The first-order valence-electron chi connectivity index (χ1n) is 4.89. The lowest BCUT2D eigenvalue weighted by molar-refractivity contribution is 0.0961. The largest absolute Gasteiger partial charge is 0.474 e. The fourth-order valence-corrected chi connectivity index (χ4v) is 1.39. The molecule has 1 aromatic heterocycles. The van der Waals surface area contributed by atoms with Gasteiger partial charge < -0.3 is 16.2 Å². The van der Waals surface area contributed by atoms with Crippen LogP contribution in [0.2, 0.25) is 0 Å². The quantitative estimate of drug-likeness (QED) is 0.763. The number of rotatable bonds is 3. The number of carbonyl (C=O) groups is 1. The van der Waals surface area contributed by atoms with E-state index in [9.17, 15) is 4.79 Å². The van der Waals surface area contributed by atoms with Gasteiger partial charge in [0.2, 0.25) is 5.88 Å². The Balaban J connectivity index is 2.23. The number of ether oxygens (including phenoxy) is 1. The van der Waals surface area contributed by atoms with E-state index in [0.29, 0.717) is 11.6 Å². The third-order valence-corrected chi connectivity index (χ3v) is 2.47. The van der Waals surface area contributed by atoms with E-state index in [2.05, 4.69) is 4.98 Å². The van der Waals surface area contributed by atoms with Crippen molar-refractivity contribution in [3.63, 3.8) is 0 Å². The molecule has 0 unspecified atom stereocenters. The third kappa shape index (κ3) is 2.01. The molecule has 4 N–H and O–H groups in total. The van der Waals surface area contributed by atoms with Gasteiger partial charge in [-0.2, -0.15) is 0 Å². The van der Waals surface area contributed by atoms with Gasteiger partial charge in [-0.15, -0.1) is 0 Å². The Labute approximate surface area is 87.4 Å². The van der Waals surface area contributed by atoms with E-state index < -0.39 is 5.91 Å². The van der Waals surface area contributed by atoms with Crippen molar-refractivity contribution >= 4 is 11.6 Å². The zero-order chi connectivity index (χ0) is 10.8. The average Bonchev–Trinajstić information content (AvgIpc) is 2.12. The van der Waals surface area contributed by atoms with Crippen LogP contribution < -0.4 is 16.2 Å². The first kappa shape index (κ1) is 9.76. The molecule has 1 aliphatic rings. The second kappa shape index (κ2) is 3.76. The third-order valence-electron chi connectivity index (χ3n) is 2.47. The fraction of sp³-hybridized carbons (Fsp3) is 0.400. The molecule has 5 heteroatoms. The van der Waals surface area contributed by atoms with Crippen LogP contribution in [0, 0.1) is 0 Å². The molecule has 5 nitrogen and oxygen atoms in total. The van der Waals surface area contributed by atoms with Crippen LogP contribution in [-0.4, -0.2) is 17.0 Å². The Morgan fingerprint density at radius 3 is 2.80 bits per heavy atom. The van der Waals surface area contributed by atoms with Gasteiger partial charge in [0.1, 0.15) is 11.7 Å². The Morgan fingerprint density at radius 1 is 1.53 bits per heavy atom. The molecule has 0 atom stereocenters. The molecule has 1 aromatic rings. The van der Waals surface area contributed by atoms with E-state index in [-0.39, 0.29) is 11.7 Å². The zero-order valence-corrected chi connectivity index (χ0v) is 8.27. The van der Waals surface area contributed by atoms with Gasteiger partial charge in [-0.25, -0.2) is 4.98 Å². The van der Waals surface area contributed by atoms with E-state index >= 15 is 0 Å². The maximum Gasteiger partial charge on any atom is 0.254 e. The molecule has 2 rings (SSSR count). The van der Waals surface area contributed by atoms with Crippen LogP contribution in [0.5, 0.6) is 5.88 Å². The van der Waals surface area contributed by atoms with E-state index in [0.717, 1.165) is 19.3 Å². The number of nitrogen functional groups attached to an aromatic ring is 1. The molecule has 0 bridgehead atoms. The van der Waals surface area contributed by atoms with Gasteiger partial charge in [-0.3, -0.25) is 4.79 Å². The van der Waals surface area contributed by atoms with Gasteiger partial charge in [0.05, 0.1) is 11.9 Å². The van der Waals surface area contributed by atoms with E-state index in [1.807, 2.05) is 0 Å². The fourth-order valence-electron chi connectivity index (χ4n) is 1.39. The summed E-state index contributed by atoms with van der Waals surface area (Å²) >= 11 is 0. The van der Waals surface area contributed by atoms with Crippen LogP contribution in [0.15, 0.2) is 12.3 Å². The normalized spacial score (nSPS) is 15.7.